The van der Waals surface area contributed by atoms with Gasteiger partial charge in [-0.3, -0.25) is 13.6 Å². The molecule has 0 aliphatic carbocycles. The van der Waals surface area contributed by atoms with Gasteiger partial charge in [0.2, 0.25) is 17.8 Å². The molecule has 3 aromatic carbocycles. The van der Waals surface area contributed by atoms with Crippen LogP contribution in [0.1, 0.15) is 110 Å². The van der Waals surface area contributed by atoms with Gasteiger partial charge < -0.3 is 28.4 Å². The Bertz CT molecular complexity index is 4340. The van der Waals surface area contributed by atoms with Crippen molar-refractivity contribution in [3.05, 3.63) is 199 Å². The van der Waals surface area contributed by atoms with Gasteiger partial charge in [-0.2, -0.15) is 0 Å². The van der Waals surface area contributed by atoms with Crippen LogP contribution in [0.15, 0.2) is 165 Å². The molecule has 15 heterocycles. The van der Waals surface area contributed by atoms with Gasteiger partial charge in [0, 0.05) is 112 Å². The maximum absolute atomic E-state index is 15.4. The van der Waals surface area contributed by atoms with Crippen LogP contribution in [0.3, 0.4) is 0 Å². The van der Waals surface area contributed by atoms with E-state index in [1.807, 2.05) is 73.6 Å². The van der Waals surface area contributed by atoms with E-state index in [1.165, 1.54) is 16.7 Å². The Morgan fingerprint density at radius 3 is 0.874 bits per heavy atom. The molecule has 95 heavy (non-hydrogen) atoms. The minimum atomic E-state index is -4.13. The van der Waals surface area contributed by atoms with Gasteiger partial charge in [0.15, 0.2) is 16.9 Å². The Morgan fingerprint density at radius 2 is 0.600 bits per heavy atom. The predicted molar refractivity (Wildman–Crippen MR) is 361 cm³/mol. The van der Waals surface area contributed by atoms with Crippen LogP contribution >= 0.6 is 7.82 Å². The first-order valence-electron chi connectivity index (χ1n) is 33.5. The zero-order valence-electron chi connectivity index (χ0n) is 52.4. The Balaban J connectivity index is 0.538. The Kier molecular flexibility index (Phi) is 14.8. The number of aromatic nitrogens is 15. The fourth-order valence-corrected chi connectivity index (χ4v) is 17.0. The Morgan fingerprint density at radius 1 is 0.326 bits per heavy atom. The van der Waals surface area contributed by atoms with Crippen LogP contribution in [0.5, 0.6) is 0 Å². The van der Waals surface area contributed by atoms with Gasteiger partial charge in [-0.05, 0) is 111 Å². The molecule has 9 aromatic heterocycles. The second-order valence-corrected chi connectivity index (χ2v) is 27.4. The number of fused-ring (bicyclic) bond motifs is 9. The molecule has 476 valence electrons. The number of phosphoric ester groups is 1. The van der Waals surface area contributed by atoms with Crippen LogP contribution in [0.25, 0.3) is 67.3 Å². The number of anilines is 3. The molecule has 0 radical (unpaired) electrons. The highest BCUT2D eigenvalue weighted by atomic mass is 31.2. The zero-order chi connectivity index (χ0) is 63.0. The van der Waals surface area contributed by atoms with Crippen LogP contribution < -0.4 is 14.7 Å². The number of hydrogen-bond acceptors (Lipinski definition) is 19. The van der Waals surface area contributed by atoms with E-state index in [0.717, 1.165) is 123 Å². The topological polar surface area (TPSA) is 224 Å². The monoisotopic (exact) mass is 1280 g/mol. The van der Waals surface area contributed by atoms with Crippen LogP contribution in [-0.4, -0.2) is 131 Å². The summed E-state index contributed by atoms with van der Waals surface area (Å²) < 4.78 is 42.3. The number of benzene rings is 3. The smallest absolute Gasteiger partial charge is 0.341 e. The molecule has 6 aliphatic heterocycles. The number of piperidine rings is 3. The van der Waals surface area contributed by atoms with Crippen molar-refractivity contribution in [1.29, 1.82) is 0 Å². The van der Waals surface area contributed by atoms with Crippen LogP contribution in [-0.2, 0) is 37.4 Å². The first kappa shape index (κ1) is 57.9. The van der Waals surface area contributed by atoms with Crippen LogP contribution in [0.4, 0.5) is 17.8 Å². The average Bonchev–Trinajstić information content (AvgIpc) is 1.62. The number of phosphoric acid groups is 1. The molecular weight excluding hydrogens is 1210 g/mol. The molecule has 22 nitrogen and oxygen atoms in total. The molecule has 0 saturated carbocycles. The summed E-state index contributed by atoms with van der Waals surface area (Å²) in [7, 11) is -4.13. The number of rotatable bonds is 15. The lowest BCUT2D eigenvalue weighted by molar-refractivity contribution is 0.0144. The lowest BCUT2D eigenvalue weighted by Crippen LogP contribution is -2.40. The summed E-state index contributed by atoms with van der Waals surface area (Å²) in [5.41, 5.74) is 14.0. The number of hydrogen-bond donors (Lipinski definition) is 0. The van der Waals surface area contributed by atoms with Gasteiger partial charge in [0.25, 0.3) is 0 Å². The molecule has 12 aromatic rings. The minimum Gasteiger partial charge on any atom is -0.341 e. The zero-order valence-corrected chi connectivity index (χ0v) is 53.3. The van der Waals surface area contributed by atoms with E-state index in [1.54, 1.807) is 0 Å². The standard InChI is InChI=1S/C72H69N18O4P/c91-95(92-52-28-34-85(35-29-52)70-73-40-49(41-74-70)55-16-19-58-67(82-55)88-61(22-25-64(88)79-58)46-10-4-1-5-11-46,93-53-30-36-86(37-31-53)71-75-42-50(43-76-71)56-17-20-59-68(83-56)89-62(23-26-65(89)80-59)47-12-6-2-7-13-47)94-54-32-38-87(39-33-54)72-77-44-51(45-78-72)57-18-21-60-69(84-57)90-63(24-27-66(90)81-60)48-14-8-3-9-15-48/h1-21,40-45,52-54,61-63H,22-39H2. The van der Waals surface area contributed by atoms with Crippen molar-refractivity contribution in [2.75, 3.05) is 54.0 Å². The lowest BCUT2D eigenvalue weighted by Gasteiger charge is -2.38. The van der Waals surface area contributed by atoms with Crippen LogP contribution in [0.2, 0.25) is 0 Å². The van der Waals surface area contributed by atoms with Crippen molar-refractivity contribution in [2.45, 2.75) is 113 Å². The Labute approximate surface area is 548 Å². The molecule has 23 heteroatoms. The predicted octanol–water partition coefficient (Wildman–Crippen LogP) is 12.4. The number of aryl methyl sites for hydroxylation is 3. The van der Waals surface area contributed by atoms with Crippen LogP contribution in [0, 0.1) is 0 Å². The molecule has 3 saturated heterocycles. The van der Waals surface area contributed by atoms with Crippen molar-refractivity contribution in [3.8, 4) is 33.8 Å². The van der Waals surface area contributed by atoms with Crippen molar-refractivity contribution < 1.29 is 18.1 Å². The van der Waals surface area contributed by atoms with E-state index in [0.29, 0.717) is 95.6 Å². The fraction of sp³-hybridized carbons (Fsp3) is 0.333. The molecule has 6 aliphatic rings. The number of nitrogens with zero attached hydrogens (tertiary/aromatic N) is 18. The summed E-state index contributed by atoms with van der Waals surface area (Å²) in [4.78, 5) is 65.9. The van der Waals surface area contributed by atoms with Crippen molar-refractivity contribution in [2.24, 2.45) is 0 Å². The van der Waals surface area contributed by atoms with Gasteiger partial charge in [-0.25, -0.2) is 64.4 Å². The molecule has 3 atom stereocenters. The third-order valence-corrected chi connectivity index (χ3v) is 21.7. The van der Waals surface area contributed by atoms with Crippen molar-refractivity contribution in [3.63, 3.8) is 0 Å². The van der Waals surface area contributed by atoms with E-state index in [9.17, 15) is 0 Å². The summed E-state index contributed by atoms with van der Waals surface area (Å²) in [5, 5.41) is 0. The average molecular weight is 1280 g/mol. The second kappa shape index (κ2) is 24.2. The third-order valence-electron chi connectivity index (χ3n) is 20.1. The summed E-state index contributed by atoms with van der Waals surface area (Å²) in [6, 6.07) is 44.5. The third kappa shape index (κ3) is 11.0. The lowest BCUT2D eigenvalue weighted by atomic mass is 10.0. The van der Waals surface area contributed by atoms with Gasteiger partial charge >= 0.3 is 7.82 Å². The minimum absolute atomic E-state index is 0.196. The van der Waals surface area contributed by atoms with Gasteiger partial charge in [0.05, 0.1) is 53.5 Å². The highest BCUT2D eigenvalue weighted by Gasteiger charge is 2.41. The first-order chi connectivity index (χ1) is 46.8. The molecule has 0 amide bonds. The first-order valence-corrected chi connectivity index (χ1v) is 35.0. The van der Waals surface area contributed by atoms with E-state index in [-0.39, 0.29) is 36.4 Å². The Hall–Kier alpha value is -9.73. The molecule has 0 bridgehead atoms. The number of imidazole rings is 3. The summed E-state index contributed by atoms with van der Waals surface area (Å²) in [6.45, 7) is 3.59. The fourth-order valence-electron chi connectivity index (χ4n) is 15.2. The summed E-state index contributed by atoms with van der Waals surface area (Å²) in [5.74, 6) is 5.06. The molecule has 3 fully saturated rings. The molecule has 3 unspecified atom stereocenters. The van der Waals surface area contributed by atoms with Crippen molar-refractivity contribution in [1.82, 2.24) is 73.5 Å². The van der Waals surface area contributed by atoms with Gasteiger partial charge in [-0.1, -0.05) is 91.0 Å². The van der Waals surface area contributed by atoms with E-state index in [2.05, 4.69) is 119 Å². The van der Waals surface area contributed by atoms with Gasteiger partial charge in [-0.15, -0.1) is 0 Å². The number of pyridine rings is 3. The molecule has 18 rings (SSSR count). The summed E-state index contributed by atoms with van der Waals surface area (Å²) >= 11 is 0. The van der Waals surface area contributed by atoms with E-state index >= 15 is 4.57 Å². The van der Waals surface area contributed by atoms with E-state index < -0.39 is 7.82 Å². The largest absolute Gasteiger partial charge is 0.475 e. The van der Waals surface area contributed by atoms with Crippen molar-refractivity contribution >= 4 is 59.2 Å². The second-order valence-electron chi connectivity index (χ2n) is 25.8. The van der Waals surface area contributed by atoms with Gasteiger partial charge in [0.1, 0.15) is 34.0 Å². The van der Waals surface area contributed by atoms with E-state index in [4.69, 9.17) is 73.4 Å². The SMILES string of the molecule is O=P(OC1CCN(c2ncc(-c3ccc4nc5n(c4n3)C(c3ccccc3)CC5)cn2)CC1)(OC1CCN(c2ncc(-c3ccc4nc5n(c4n3)C(c3ccccc3)CC5)cn2)CC1)OC1CCN(c2ncc(-c3ccc4nc5n(c4n3)C(c3ccccc3)CC5)cn2)CC1. The highest BCUT2D eigenvalue weighted by molar-refractivity contribution is 7.48. The maximum Gasteiger partial charge on any atom is 0.475 e. The quantitative estimate of drug-likeness (QED) is 0.0870. The normalized spacial score (nSPS) is 20.0. The molecule has 0 spiro atoms. The molecular formula is C72H69N18O4P. The highest BCUT2D eigenvalue weighted by Crippen LogP contribution is 2.56. The molecule has 0 N–H and O–H groups in total. The maximum atomic E-state index is 15.4. The summed E-state index contributed by atoms with van der Waals surface area (Å²) in [6.07, 6.45) is 19.2.